The van der Waals surface area contributed by atoms with Crippen LogP contribution in [0.3, 0.4) is 0 Å². The summed E-state index contributed by atoms with van der Waals surface area (Å²) in [5.41, 5.74) is 2.00. The molecule has 2 aromatic carbocycles. The molecule has 4 nitrogen and oxygen atoms in total. The summed E-state index contributed by atoms with van der Waals surface area (Å²) in [5.74, 6) is 6.27. The molecule has 2 atom stereocenters. The molecule has 0 aliphatic carbocycles. The molecule has 23 heavy (non-hydrogen) atoms. The van der Waals surface area contributed by atoms with E-state index in [0.717, 1.165) is 11.1 Å². The van der Waals surface area contributed by atoms with Gasteiger partial charge in [0.25, 0.3) is 0 Å². The molecule has 2 rings (SSSR count). The Morgan fingerprint density at radius 2 is 1.83 bits per heavy atom. The Balaban J connectivity index is 2.12. The van der Waals surface area contributed by atoms with E-state index in [9.17, 15) is 4.21 Å². The number of hydrogen-bond acceptors (Lipinski definition) is 3. The van der Waals surface area contributed by atoms with Crippen LogP contribution in [0.2, 0.25) is 0 Å². The summed E-state index contributed by atoms with van der Waals surface area (Å²) in [6, 6.07) is 17.5. The Kier molecular flexibility index (Phi) is 6.82. The topological polar surface area (TPSA) is 55.8 Å². The fourth-order valence-electron chi connectivity index (χ4n) is 2.08. The van der Waals surface area contributed by atoms with Gasteiger partial charge in [-0.05, 0) is 18.6 Å². The third-order valence-corrected chi connectivity index (χ3v) is 3.56. The highest BCUT2D eigenvalue weighted by Gasteiger charge is 2.14. The van der Waals surface area contributed by atoms with Crippen LogP contribution in [-0.4, -0.2) is 21.5 Å². The summed E-state index contributed by atoms with van der Waals surface area (Å²) in [7, 11) is 0. The van der Waals surface area contributed by atoms with Gasteiger partial charge in [-0.3, -0.25) is 8.74 Å². The van der Waals surface area contributed by atoms with Crippen molar-refractivity contribution in [3.63, 3.8) is 0 Å². The van der Waals surface area contributed by atoms with Gasteiger partial charge in [0, 0.05) is 12.0 Å². The number of rotatable bonds is 7. The third kappa shape index (κ3) is 5.53. The summed E-state index contributed by atoms with van der Waals surface area (Å²) < 4.78 is 30.5. The normalized spacial score (nSPS) is 12.8. The van der Waals surface area contributed by atoms with Crippen molar-refractivity contribution < 1.29 is 17.7 Å². The summed E-state index contributed by atoms with van der Waals surface area (Å²) in [4.78, 5) is 0. The van der Waals surface area contributed by atoms with Crippen LogP contribution in [0.15, 0.2) is 54.6 Å². The number of para-hydroxylation sites is 1. The van der Waals surface area contributed by atoms with Crippen molar-refractivity contribution >= 4 is 11.4 Å². The first-order valence-corrected chi connectivity index (χ1v) is 8.18. The van der Waals surface area contributed by atoms with Crippen molar-refractivity contribution in [1.82, 2.24) is 0 Å². The maximum absolute atomic E-state index is 10.9. The van der Waals surface area contributed by atoms with Gasteiger partial charge in [0.15, 0.2) is 0 Å². The minimum absolute atomic E-state index is 0.144. The molecule has 0 radical (unpaired) electrons. The number of hydrogen-bond donors (Lipinski definition) is 1. The minimum Gasteiger partial charge on any atom is -0.490 e. The summed E-state index contributed by atoms with van der Waals surface area (Å²) >= 11 is -2.35. The van der Waals surface area contributed by atoms with E-state index in [0.29, 0.717) is 12.2 Å². The Morgan fingerprint density at radius 3 is 2.52 bits per heavy atom. The monoisotopic (exact) mass is 330 g/mol. The van der Waals surface area contributed by atoms with Gasteiger partial charge in [-0.2, -0.15) is 4.21 Å². The molecule has 0 spiro atoms. The average molecular weight is 330 g/mol. The Labute approximate surface area is 138 Å². The van der Waals surface area contributed by atoms with Crippen LogP contribution in [-0.2, 0) is 15.5 Å². The molecule has 0 aliphatic rings. The average Bonchev–Trinajstić information content (AvgIpc) is 2.58. The van der Waals surface area contributed by atoms with Crippen LogP contribution >= 0.6 is 0 Å². The fraction of sp³-hybridized carbons (Fsp3) is 0.222. The van der Waals surface area contributed by atoms with E-state index in [4.69, 9.17) is 13.5 Å². The maximum atomic E-state index is 10.9. The molecular formula is C18H18O4S. The molecule has 0 amide bonds. The zero-order chi connectivity index (χ0) is 16.5. The SMILES string of the molecule is CC#CCC(COc1ccccc1-c1ccccc1)OS(=O)O. The van der Waals surface area contributed by atoms with Gasteiger partial charge >= 0.3 is 11.4 Å². The molecule has 5 heteroatoms. The maximum Gasteiger partial charge on any atom is 0.302 e. The molecule has 1 N–H and O–H groups in total. The zero-order valence-corrected chi connectivity index (χ0v) is 13.6. The van der Waals surface area contributed by atoms with E-state index in [1.54, 1.807) is 6.92 Å². The molecule has 0 saturated heterocycles. The first-order valence-electron chi connectivity index (χ1n) is 7.15. The first kappa shape index (κ1) is 17.2. The van der Waals surface area contributed by atoms with Gasteiger partial charge in [0.1, 0.15) is 18.5 Å². The van der Waals surface area contributed by atoms with Crippen molar-refractivity contribution in [2.45, 2.75) is 19.4 Å². The van der Waals surface area contributed by atoms with E-state index >= 15 is 0 Å². The highest BCUT2D eigenvalue weighted by molar-refractivity contribution is 7.74. The zero-order valence-electron chi connectivity index (χ0n) is 12.8. The molecule has 0 aliphatic heterocycles. The van der Waals surface area contributed by atoms with Crippen LogP contribution in [0.25, 0.3) is 11.1 Å². The predicted octanol–water partition coefficient (Wildman–Crippen LogP) is 3.67. The second-order valence-corrected chi connectivity index (χ2v) is 5.37. The van der Waals surface area contributed by atoms with E-state index in [1.165, 1.54) is 0 Å². The van der Waals surface area contributed by atoms with E-state index in [2.05, 4.69) is 11.8 Å². The largest absolute Gasteiger partial charge is 0.490 e. The van der Waals surface area contributed by atoms with Crippen molar-refractivity contribution in [2.24, 2.45) is 0 Å². The number of benzene rings is 2. The minimum atomic E-state index is -2.35. The second-order valence-electron chi connectivity index (χ2n) is 4.74. The lowest BCUT2D eigenvalue weighted by atomic mass is 10.1. The predicted molar refractivity (Wildman–Crippen MR) is 91.1 cm³/mol. The van der Waals surface area contributed by atoms with E-state index < -0.39 is 17.5 Å². The Hall–Kier alpha value is -2.13. The van der Waals surface area contributed by atoms with Crippen LogP contribution in [0.5, 0.6) is 5.75 Å². The Bertz CT molecular complexity index is 704. The fourth-order valence-corrected chi connectivity index (χ4v) is 2.44. The first-order chi connectivity index (χ1) is 11.2. The standard InChI is InChI=1S/C18H18O4S/c1-2-3-11-16(22-23(19)20)14-21-18-13-8-7-12-17(18)15-9-5-4-6-10-15/h4-10,12-13,16H,11,14H2,1H3,(H,19,20). The molecule has 0 saturated carbocycles. The van der Waals surface area contributed by atoms with Crippen molar-refractivity contribution in [3.8, 4) is 28.7 Å². The quantitative estimate of drug-likeness (QED) is 0.622. The molecule has 2 unspecified atom stereocenters. The lowest BCUT2D eigenvalue weighted by Gasteiger charge is -2.16. The van der Waals surface area contributed by atoms with Crippen LogP contribution < -0.4 is 4.74 Å². The molecule has 0 fully saturated rings. The third-order valence-electron chi connectivity index (χ3n) is 3.12. The molecule has 0 heterocycles. The second kappa shape index (κ2) is 9.11. The van der Waals surface area contributed by atoms with Gasteiger partial charge in [0.2, 0.25) is 0 Å². The lowest BCUT2D eigenvalue weighted by molar-refractivity contribution is 0.136. The molecule has 0 bridgehead atoms. The highest BCUT2D eigenvalue weighted by atomic mass is 32.2. The van der Waals surface area contributed by atoms with Crippen molar-refractivity contribution in [2.75, 3.05) is 6.61 Å². The Morgan fingerprint density at radius 1 is 1.13 bits per heavy atom. The highest BCUT2D eigenvalue weighted by Crippen LogP contribution is 2.29. The summed E-state index contributed by atoms with van der Waals surface area (Å²) in [5, 5.41) is 0. The van der Waals surface area contributed by atoms with Crippen molar-refractivity contribution in [1.29, 1.82) is 0 Å². The molecule has 120 valence electrons. The van der Waals surface area contributed by atoms with E-state index in [1.807, 2.05) is 54.6 Å². The van der Waals surface area contributed by atoms with Crippen LogP contribution in [0, 0.1) is 11.8 Å². The van der Waals surface area contributed by atoms with Crippen LogP contribution in [0.4, 0.5) is 0 Å². The van der Waals surface area contributed by atoms with E-state index in [-0.39, 0.29) is 6.61 Å². The van der Waals surface area contributed by atoms with Gasteiger partial charge in [0.05, 0.1) is 0 Å². The van der Waals surface area contributed by atoms with Crippen molar-refractivity contribution in [3.05, 3.63) is 54.6 Å². The lowest BCUT2D eigenvalue weighted by Crippen LogP contribution is -2.22. The molecular weight excluding hydrogens is 312 g/mol. The molecule has 2 aromatic rings. The van der Waals surface area contributed by atoms with Gasteiger partial charge in [-0.25, -0.2) is 0 Å². The molecule has 0 aromatic heterocycles. The smallest absolute Gasteiger partial charge is 0.302 e. The van der Waals surface area contributed by atoms with Gasteiger partial charge in [-0.1, -0.05) is 48.5 Å². The van der Waals surface area contributed by atoms with Gasteiger partial charge < -0.3 is 4.74 Å². The van der Waals surface area contributed by atoms with Crippen LogP contribution in [0.1, 0.15) is 13.3 Å². The summed E-state index contributed by atoms with van der Waals surface area (Å²) in [6.45, 7) is 1.85. The summed E-state index contributed by atoms with van der Waals surface area (Å²) in [6.07, 6.45) is -0.242. The van der Waals surface area contributed by atoms with Gasteiger partial charge in [-0.15, -0.1) is 11.8 Å². The number of ether oxygens (including phenoxy) is 1.